The minimum Gasteiger partial charge on any atom is -0.479 e. The lowest BCUT2D eigenvalue weighted by atomic mass is 10.1. The predicted octanol–water partition coefficient (Wildman–Crippen LogP) is 1.85. The number of carbonyl (C=O) groups is 1. The average molecular weight is 312 g/mol. The van der Waals surface area contributed by atoms with E-state index in [0.717, 1.165) is 16.7 Å². The van der Waals surface area contributed by atoms with E-state index >= 15 is 0 Å². The fourth-order valence-electron chi connectivity index (χ4n) is 2.76. The van der Waals surface area contributed by atoms with Crippen LogP contribution in [0.4, 0.5) is 0 Å². The summed E-state index contributed by atoms with van der Waals surface area (Å²) in [6.07, 6.45) is -0.532. The van der Waals surface area contributed by atoms with Gasteiger partial charge in [0.05, 0.1) is 17.6 Å². The molecule has 0 aromatic heterocycles. The molecule has 1 heterocycles. The van der Waals surface area contributed by atoms with Crippen molar-refractivity contribution in [1.29, 1.82) is 0 Å². The van der Waals surface area contributed by atoms with E-state index in [2.05, 4.69) is 0 Å². The third-order valence-electron chi connectivity index (χ3n) is 3.49. The van der Waals surface area contributed by atoms with Gasteiger partial charge in [0, 0.05) is 0 Å². The van der Waals surface area contributed by atoms with Crippen LogP contribution < -0.4 is 0 Å². The molecule has 0 amide bonds. The third kappa shape index (κ3) is 4.54. The van der Waals surface area contributed by atoms with Crippen LogP contribution in [0.15, 0.2) is 18.2 Å². The van der Waals surface area contributed by atoms with E-state index < -0.39 is 28.0 Å². The molecule has 1 aromatic rings. The second kappa shape index (κ2) is 6.15. The highest BCUT2D eigenvalue weighted by Gasteiger charge is 2.33. The lowest BCUT2D eigenvalue weighted by Gasteiger charge is -2.12. The first kappa shape index (κ1) is 16.0. The summed E-state index contributed by atoms with van der Waals surface area (Å²) >= 11 is 0. The Hall–Kier alpha value is -1.40. The summed E-state index contributed by atoms with van der Waals surface area (Å²) in [5.41, 5.74) is 2.83. The molecule has 0 aliphatic carbocycles. The van der Waals surface area contributed by atoms with Gasteiger partial charge in [-0.25, -0.2) is 13.2 Å². The Bertz CT molecular complexity index is 615. The zero-order chi connectivity index (χ0) is 15.6. The minimum atomic E-state index is -3.32. The van der Waals surface area contributed by atoms with Crippen molar-refractivity contribution in [3.8, 4) is 0 Å². The van der Waals surface area contributed by atoms with E-state index in [-0.39, 0.29) is 11.5 Å². The van der Waals surface area contributed by atoms with Gasteiger partial charge in [0.15, 0.2) is 15.9 Å². The molecule has 2 rings (SSSR count). The van der Waals surface area contributed by atoms with Crippen molar-refractivity contribution in [2.24, 2.45) is 0 Å². The monoisotopic (exact) mass is 312 g/mol. The van der Waals surface area contributed by atoms with E-state index in [1.807, 2.05) is 32.0 Å². The number of sulfone groups is 1. The Balaban J connectivity index is 2.01. The molecule has 0 radical (unpaired) electrons. The van der Waals surface area contributed by atoms with E-state index in [1.54, 1.807) is 0 Å². The average Bonchev–Trinajstić information content (AvgIpc) is 2.74. The van der Waals surface area contributed by atoms with E-state index in [0.29, 0.717) is 12.8 Å². The number of ether oxygens (including phenoxy) is 1. The van der Waals surface area contributed by atoms with Gasteiger partial charge in [0.25, 0.3) is 0 Å². The molecule has 1 aliphatic heterocycles. The number of aryl methyl sites for hydroxylation is 2. The Morgan fingerprint density at radius 2 is 1.86 bits per heavy atom. The van der Waals surface area contributed by atoms with Gasteiger partial charge in [0.1, 0.15) is 0 Å². The molecule has 1 aliphatic rings. The van der Waals surface area contributed by atoms with Crippen LogP contribution in [-0.4, -0.2) is 37.5 Å². The number of carboxylic acid groups (broad SMARTS) is 1. The van der Waals surface area contributed by atoms with Gasteiger partial charge in [0.2, 0.25) is 0 Å². The molecule has 0 saturated carbocycles. The molecule has 1 saturated heterocycles. The van der Waals surface area contributed by atoms with Crippen LogP contribution >= 0.6 is 0 Å². The molecule has 2 atom stereocenters. The predicted molar refractivity (Wildman–Crippen MR) is 78.9 cm³/mol. The smallest absolute Gasteiger partial charge is 0.332 e. The Morgan fingerprint density at radius 1 is 1.24 bits per heavy atom. The van der Waals surface area contributed by atoms with Crippen molar-refractivity contribution in [2.75, 3.05) is 5.75 Å². The molecule has 0 spiro atoms. The summed E-state index contributed by atoms with van der Waals surface area (Å²) < 4.78 is 29.7. The van der Waals surface area contributed by atoms with Gasteiger partial charge in [-0.3, -0.25) is 0 Å². The summed E-state index contributed by atoms with van der Waals surface area (Å²) in [7, 11) is -3.32. The standard InChI is InChI=1S/C15H20O5S/c1-10-5-11(2)7-12(6-10)8-21(18,19)9-13-3-4-14(20-13)15(16)17/h5-7,13-14H,3-4,8-9H2,1-2H3,(H,16,17). The van der Waals surface area contributed by atoms with Crippen LogP contribution in [0.1, 0.15) is 29.5 Å². The van der Waals surface area contributed by atoms with Crippen molar-refractivity contribution in [2.45, 2.75) is 44.6 Å². The SMILES string of the molecule is Cc1cc(C)cc(CS(=O)(=O)CC2CCC(C(=O)O)O2)c1. The van der Waals surface area contributed by atoms with Crippen LogP contribution in [0.2, 0.25) is 0 Å². The number of hydrogen-bond donors (Lipinski definition) is 1. The van der Waals surface area contributed by atoms with Crippen molar-refractivity contribution in [1.82, 2.24) is 0 Å². The number of hydrogen-bond acceptors (Lipinski definition) is 4. The Morgan fingerprint density at radius 3 is 2.38 bits per heavy atom. The number of rotatable bonds is 5. The quantitative estimate of drug-likeness (QED) is 0.897. The maximum absolute atomic E-state index is 12.2. The van der Waals surface area contributed by atoms with Gasteiger partial charge in [-0.15, -0.1) is 0 Å². The van der Waals surface area contributed by atoms with Crippen molar-refractivity contribution >= 4 is 15.8 Å². The topological polar surface area (TPSA) is 80.7 Å². The van der Waals surface area contributed by atoms with Crippen molar-refractivity contribution in [3.63, 3.8) is 0 Å². The molecule has 21 heavy (non-hydrogen) atoms. The maximum Gasteiger partial charge on any atom is 0.332 e. The number of benzene rings is 1. The van der Waals surface area contributed by atoms with Gasteiger partial charge < -0.3 is 9.84 Å². The van der Waals surface area contributed by atoms with Crippen LogP contribution in [0.5, 0.6) is 0 Å². The van der Waals surface area contributed by atoms with E-state index in [1.165, 1.54) is 0 Å². The van der Waals surface area contributed by atoms with Crippen molar-refractivity contribution in [3.05, 3.63) is 34.9 Å². The summed E-state index contributed by atoms with van der Waals surface area (Å²) in [6.45, 7) is 3.86. The Kier molecular flexibility index (Phi) is 4.68. The molecule has 5 nitrogen and oxygen atoms in total. The van der Waals surface area contributed by atoms with Crippen LogP contribution in [0, 0.1) is 13.8 Å². The Labute approximate surface area is 124 Å². The van der Waals surface area contributed by atoms with E-state index in [4.69, 9.17) is 9.84 Å². The number of aliphatic carboxylic acids is 1. The van der Waals surface area contributed by atoms with Gasteiger partial charge in [-0.2, -0.15) is 0 Å². The molecule has 116 valence electrons. The first-order chi connectivity index (χ1) is 9.75. The molecular weight excluding hydrogens is 292 g/mol. The summed E-state index contributed by atoms with van der Waals surface area (Å²) in [5.74, 6) is -1.18. The fraction of sp³-hybridized carbons (Fsp3) is 0.533. The largest absolute Gasteiger partial charge is 0.479 e. The maximum atomic E-state index is 12.2. The van der Waals surface area contributed by atoms with Crippen LogP contribution in [0.3, 0.4) is 0 Å². The van der Waals surface area contributed by atoms with Crippen LogP contribution in [-0.2, 0) is 25.1 Å². The molecular formula is C15H20O5S. The van der Waals surface area contributed by atoms with Crippen LogP contribution in [0.25, 0.3) is 0 Å². The lowest BCUT2D eigenvalue weighted by Crippen LogP contribution is -2.25. The second-order valence-corrected chi connectivity index (χ2v) is 7.82. The first-order valence-corrected chi connectivity index (χ1v) is 8.73. The minimum absolute atomic E-state index is 0.0346. The second-order valence-electron chi connectivity index (χ2n) is 5.71. The molecule has 1 N–H and O–H groups in total. The molecule has 2 unspecified atom stereocenters. The third-order valence-corrected chi connectivity index (χ3v) is 5.14. The highest BCUT2D eigenvalue weighted by Crippen LogP contribution is 2.22. The van der Waals surface area contributed by atoms with Gasteiger partial charge in [-0.1, -0.05) is 29.3 Å². The van der Waals surface area contributed by atoms with E-state index in [9.17, 15) is 13.2 Å². The molecule has 1 aromatic carbocycles. The lowest BCUT2D eigenvalue weighted by molar-refractivity contribution is -0.148. The molecule has 6 heteroatoms. The molecule has 1 fully saturated rings. The first-order valence-electron chi connectivity index (χ1n) is 6.91. The normalized spacial score (nSPS) is 22.4. The highest BCUT2D eigenvalue weighted by atomic mass is 32.2. The number of carboxylic acids is 1. The fourth-order valence-corrected chi connectivity index (χ4v) is 4.36. The zero-order valence-corrected chi connectivity index (χ0v) is 13.0. The summed E-state index contributed by atoms with van der Waals surface area (Å²) in [6, 6.07) is 5.72. The van der Waals surface area contributed by atoms with Gasteiger partial charge in [-0.05, 0) is 32.3 Å². The summed E-state index contributed by atoms with van der Waals surface area (Å²) in [5, 5.41) is 8.85. The molecule has 0 bridgehead atoms. The van der Waals surface area contributed by atoms with Gasteiger partial charge >= 0.3 is 5.97 Å². The summed E-state index contributed by atoms with van der Waals surface area (Å²) in [4.78, 5) is 10.8. The van der Waals surface area contributed by atoms with Crippen molar-refractivity contribution < 1.29 is 23.1 Å². The zero-order valence-electron chi connectivity index (χ0n) is 12.2. The highest BCUT2D eigenvalue weighted by molar-refractivity contribution is 7.90.